The van der Waals surface area contributed by atoms with E-state index >= 15 is 0 Å². The van der Waals surface area contributed by atoms with Crippen molar-refractivity contribution >= 4 is 0 Å². The van der Waals surface area contributed by atoms with Gasteiger partial charge in [0.2, 0.25) is 0 Å². The van der Waals surface area contributed by atoms with Gasteiger partial charge in [0.05, 0.1) is 12.8 Å². The van der Waals surface area contributed by atoms with Crippen LogP contribution in [-0.4, -0.2) is 21.5 Å². The van der Waals surface area contributed by atoms with E-state index in [1.165, 1.54) is 6.42 Å². The normalized spacial score (nSPS) is 19.5. The molecule has 3 rings (SSSR count). The Kier molecular flexibility index (Phi) is 3.62. The van der Waals surface area contributed by atoms with Gasteiger partial charge in [0.15, 0.2) is 0 Å². The lowest BCUT2D eigenvalue weighted by atomic mass is 10.1. The van der Waals surface area contributed by atoms with Crippen molar-refractivity contribution in [3.63, 3.8) is 0 Å². The van der Waals surface area contributed by atoms with Gasteiger partial charge in [-0.15, -0.1) is 0 Å². The summed E-state index contributed by atoms with van der Waals surface area (Å²) in [5.41, 5.74) is 3.12. The predicted octanol–water partition coefficient (Wildman–Crippen LogP) is 2.74. The van der Waals surface area contributed by atoms with E-state index in [1.807, 2.05) is 41.3 Å². The zero-order valence-corrected chi connectivity index (χ0v) is 10.8. The largest absolute Gasteiger partial charge is 0.392 e. The van der Waals surface area contributed by atoms with Crippen LogP contribution >= 0.6 is 0 Å². The zero-order valence-electron chi connectivity index (χ0n) is 10.8. The second-order valence-corrected chi connectivity index (χ2v) is 4.89. The third kappa shape index (κ3) is 2.69. The second-order valence-electron chi connectivity index (χ2n) is 4.89. The van der Waals surface area contributed by atoms with Crippen molar-refractivity contribution in [3.05, 3.63) is 42.2 Å². The molecule has 0 unspecified atom stereocenters. The van der Waals surface area contributed by atoms with Crippen LogP contribution < -0.4 is 0 Å². The Balaban J connectivity index is 1.79. The molecule has 2 heterocycles. The van der Waals surface area contributed by atoms with Gasteiger partial charge in [-0.05, 0) is 30.4 Å². The average Bonchev–Trinajstić information content (AvgIpc) is 2.98. The molecule has 0 spiro atoms. The Hall–Kier alpha value is -1.65. The molecule has 1 N–H and O–H groups in total. The van der Waals surface area contributed by atoms with E-state index in [9.17, 15) is 0 Å². The number of aliphatic hydroxyl groups is 1. The van der Waals surface area contributed by atoms with Gasteiger partial charge >= 0.3 is 0 Å². The van der Waals surface area contributed by atoms with Crippen molar-refractivity contribution in [2.24, 2.45) is 0 Å². The molecule has 0 radical (unpaired) electrons. The molecule has 100 valence electrons. The van der Waals surface area contributed by atoms with E-state index in [2.05, 4.69) is 5.10 Å². The highest BCUT2D eigenvalue weighted by atomic mass is 16.5. The maximum Gasteiger partial charge on any atom is 0.150 e. The molecule has 0 bridgehead atoms. The summed E-state index contributed by atoms with van der Waals surface area (Å²) in [5, 5.41) is 13.4. The summed E-state index contributed by atoms with van der Waals surface area (Å²) in [7, 11) is 0. The fraction of sp³-hybridized carbons (Fsp3) is 0.400. The number of hydrogen-bond acceptors (Lipinski definition) is 3. The van der Waals surface area contributed by atoms with Crippen molar-refractivity contribution < 1.29 is 9.84 Å². The first kappa shape index (κ1) is 12.4. The number of aliphatic hydroxyl groups excluding tert-OH is 1. The highest BCUT2D eigenvalue weighted by molar-refractivity contribution is 5.61. The van der Waals surface area contributed by atoms with Crippen molar-refractivity contribution in [1.82, 2.24) is 9.78 Å². The molecule has 4 heteroatoms. The molecule has 1 atom stereocenters. The Labute approximate surface area is 112 Å². The fourth-order valence-electron chi connectivity index (χ4n) is 2.38. The fourth-order valence-corrected chi connectivity index (χ4v) is 2.38. The molecule has 0 aliphatic carbocycles. The molecule has 1 aliphatic rings. The van der Waals surface area contributed by atoms with Crippen LogP contribution in [0.4, 0.5) is 0 Å². The minimum absolute atomic E-state index is 0.0788. The smallest absolute Gasteiger partial charge is 0.150 e. The lowest BCUT2D eigenvalue weighted by Crippen LogP contribution is -2.18. The van der Waals surface area contributed by atoms with E-state index in [0.29, 0.717) is 0 Å². The molecule has 1 fully saturated rings. The molecule has 1 aromatic heterocycles. The van der Waals surface area contributed by atoms with Crippen LogP contribution in [0.25, 0.3) is 11.1 Å². The molecule has 1 aromatic carbocycles. The van der Waals surface area contributed by atoms with Crippen molar-refractivity contribution in [2.75, 3.05) is 6.61 Å². The summed E-state index contributed by atoms with van der Waals surface area (Å²) in [6.07, 6.45) is 7.36. The Morgan fingerprint density at radius 3 is 2.74 bits per heavy atom. The molecule has 1 aliphatic heterocycles. The topological polar surface area (TPSA) is 47.3 Å². The monoisotopic (exact) mass is 258 g/mol. The number of ether oxygens (including phenoxy) is 1. The molecule has 0 saturated carbocycles. The summed E-state index contributed by atoms with van der Waals surface area (Å²) in [6.45, 7) is 0.903. The summed E-state index contributed by atoms with van der Waals surface area (Å²) in [5.74, 6) is 0. The van der Waals surface area contributed by atoms with Crippen LogP contribution in [0.3, 0.4) is 0 Å². The van der Waals surface area contributed by atoms with E-state index in [-0.39, 0.29) is 12.8 Å². The van der Waals surface area contributed by atoms with E-state index in [1.54, 1.807) is 0 Å². The lowest BCUT2D eigenvalue weighted by molar-refractivity contribution is -0.0394. The third-order valence-electron chi connectivity index (χ3n) is 3.52. The van der Waals surface area contributed by atoms with E-state index in [0.717, 1.165) is 36.1 Å². The Morgan fingerprint density at radius 2 is 2.05 bits per heavy atom. The SMILES string of the molecule is OCc1ccc(-c2cnn([C@H]3CCCCO3)c2)cc1. The van der Waals surface area contributed by atoms with Gasteiger partial charge in [-0.25, -0.2) is 4.68 Å². The minimum Gasteiger partial charge on any atom is -0.392 e. The van der Waals surface area contributed by atoms with Crippen LogP contribution in [0.5, 0.6) is 0 Å². The Morgan fingerprint density at radius 1 is 1.21 bits per heavy atom. The van der Waals surface area contributed by atoms with Gasteiger partial charge in [-0.2, -0.15) is 5.10 Å². The van der Waals surface area contributed by atoms with E-state index in [4.69, 9.17) is 9.84 Å². The zero-order chi connectivity index (χ0) is 13.1. The number of hydrogen-bond donors (Lipinski definition) is 1. The second kappa shape index (κ2) is 5.55. The quantitative estimate of drug-likeness (QED) is 0.920. The molecule has 19 heavy (non-hydrogen) atoms. The Bertz CT molecular complexity index is 527. The number of rotatable bonds is 3. The maximum atomic E-state index is 9.04. The van der Waals surface area contributed by atoms with Crippen LogP contribution in [-0.2, 0) is 11.3 Å². The first-order chi connectivity index (χ1) is 9.36. The molecule has 2 aromatic rings. The molecule has 4 nitrogen and oxygen atoms in total. The van der Waals surface area contributed by atoms with Crippen LogP contribution in [0.2, 0.25) is 0 Å². The summed E-state index contributed by atoms with van der Waals surface area (Å²) >= 11 is 0. The van der Waals surface area contributed by atoms with Gasteiger partial charge in [0.1, 0.15) is 6.23 Å². The molecule has 1 saturated heterocycles. The lowest BCUT2D eigenvalue weighted by Gasteiger charge is -2.22. The van der Waals surface area contributed by atoms with Crippen molar-refractivity contribution in [1.29, 1.82) is 0 Å². The highest BCUT2D eigenvalue weighted by Crippen LogP contribution is 2.25. The van der Waals surface area contributed by atoms with Crippen LogP contribution in [0.1, 0.15) is 31.1 Å². The number of aromatic nitrogens is 2. The van der Waals surface area contributed by atoms with Crippen LogP contribution in [0, 0.1) is 0 Å². The molecular formula is C15H18N2O2. The van der Waals surface area contributed by atoms with Gasteiger partial charge < -0.3 is 9.84 Å². The van der Waals surface area contributed by atoms with Crippen molar-refractivity contribution in [2.45, 2.75) is 32.1 Å². The van der Waals surface area contributed by atoms with Gasteiger partial charge in [0.25, 0.3) is 0 Å². The number of benzene rings is 1. The number of nitrogens with zero attached hydrogens (tertiary/aromatic N) is 2. The first-order valence-corrected chi connectivity index (χ1v) is 6.73. The highest BCUT2D eigenvalue weighted by Gasteiger charge is 2.16. The summed E-state index contributed by atoms with van der Waals surface area (Å²) < 4.78 is 7.63. The summed E-state index contributed by atoms with van der Waals surface area (Å²) in [6, 6.07) is 7.89. The van der Waals surface area contributed by atoms with E-state index < -0.39 is 0 Å². The first-order valence-electron chi connectivity index (χ1n) is 6.73. The van der Waals surface area contributed by atoms with Crippen molar-refractivity contribution in [3.8, 4) is 11.1 Å². The standard InChI is InChI=1S/C15H18N2O2/c18-11-12-4-6-13(7-5-12)14-9-16-17(10-14)15-3-1-2-8-19-15/h4-7,9-10,15,18H,1-3,8,11H2/t15-/m1/s1. The summed E-state index contributed by atoms with van der Waals surface area (Å²) in [4.78, 5) is 0. The predicted molar refractivity (Wildman–Crippen MR) is 72.4 cm³/mol. The van der Waals surface area contributed by atoms with Crippen LogP contribution in [0.15, 0.2) is 36.7 Å². The average molecular weight is 258 g/mol. The third-order valence-corrected chi connectivity index (χ3v) is 3.52. The van der Waals surface area contributed by atoms with Gasteiger partial charge in [-0.1, -0.05) is 24.3 Å². The maximum absolute atomic E-state index is 9.04. The minimum atomic E-state index is 0.0788. The molecular weight excluding hydrogens is 240 g/mol. The van der Waals surface area contributed by atoms with Gasteiger partial charge in [0, 0.05) is 18.4 Å². The molecule has 0 amide bonds. The van der Waals surface area contributed by atoms with Gasteiger partial charge in [-0.3, -0.25) is 0 Å².